The summed E-state index contributed by atoms with van der Waals surface area (Å²) in [5.41, 5.74) is 8.55. The molecule has 20 heavy (non-hydrogen) atoms. The molecule has 1 aromatic carbocycles. The fourth-order valence-electron chi connectivity index (χ4n) is 2.22. The number of hydrogen-bond acceptors (Lipinski definition) is 4. The van der Waals surface area contributed by atoms with Gasteiger partial charge in [0.05, 0.1) is 13.3 Å². The monoisotopic (exact) mass is 274 g/mol. The van der Waals surface area contributed by atoms with Crippen LogP contribution in [0.1, 0.15) is 17.2 Å². The van der Waals surface area contributed by atoms with Gasteiger partial charge in [-0.15, -0.1) is 0 Å². The zero-order valence-corrected chi connectivity index (χ0v) is 12.3. The lowest BCUT2D eigenvalue weighted by atomic mass is 10.1. The number of rotatable bonds is 6. The van der Waals surface area contributed by atoms with Crippen LogP contribution in [0.3, 0.4) is 0 Å². The first kappa shape index (κ1) is 14.6. The Labute approximate surface area is 119 Å². The van der Waals surface area contributed by atoms with Gasteiger partial charge in [0.2, 0.25) is 0 Å². The first-order valence-electron chi connectivity index (χ1n) is 6.64. The topological polar surface area (TPSA) is 56.3 Å². The number of hydrogen-bond donors (Lipinski definition) is 1. The summed E-state index contributed by atoms with van der Waals surface area (Å²) in [6.07, 6.45) is 3.91. The minimum atomic E-state index is -0.0115. The quantitative estimate of drug-likeness (QED) is 0.868. The minimum Gasteiger partial charge on any atom is -0.497 e. The Bertz CT molecular complexity index is 535. The summed E-state index contributed by atoms with van der Waals surface area (Å²) in [6.45, 7) is 1.64. The van der Waals surface area contributed by atoms with Gasteiger partial charge in [0.25, 0.3) is 0 Å². The molecule has 0 radical (unpaired) electrons. The van der Waals surface area contributed by atoms with Crippen molar-refractivity contribution < 1.29 is 4.74 Å². The van der Waals surface area contributed by atoms with Crippen LogP contribution in [0, 0.1) is 0 Å². The Balaban J connectivity index is 1.90. The van der Waals surface area contributed by atoms with Gasteiger partial charge in [-0.1, -0.05) is 12.1 Å². The van der Waals surface area contributed by atoms with Gasteiger partial charge >= 0.3 is 0 Å². The van der Waals surface area contributed by atoms with Gasteiger partial charge in [-0.25, -0.2) is 0 Å². The molecule has 0 saturated carbocycles. The molecule has 0 fully saturated rings. The van der Waals surface area contributed by atoms with Gasteiger partial charge in [0, 0.05) is 37.9 Å². The minimum absolute atomic E-state index is 0.0115. The standard InChI is InChI=1S/C15H22N4O/c1-18(9-12-8-17-19(2)10-12)11-15(16)13-4-6-14(20-3)7-5-13/h4-8,10,15H,9,11,16H2,1-3H3. The zero-order chi connectivity index (χ0) is 14.5. The average molecular weight is 274 g/mol. The van der Waals surface area contributed by atoms with Crippen LogP contribution in [0.25, 0.3) is 0 Å². The molecule has 1 unspecified atom stereocenters. The molecule has 5 nitrogen and oxygen atoms in total. The highest BCUT2D eigenvalue weighted by Crippen LogP contribution is 2.17. The molecule has 0 spiro atoms. The van der Waals surface area contributed by atoms with Crippen molar-refractivity contribution in [3.05, 3.63) is 47.8 Å². The highest BCUT2D eigenvalue weighted by atomic mass is 16.5. The van der Waals surface area contributed by atoms with Crippen molar-refractivity contribution in [1.29, 1.82) is 0 Å². The van der Waals surface area contributed by atoms with Crippen molar-refractivity contribution in [3.8, 4) is 5.75 Å². The first-order valence-corrected chi connectivity index (χ1v) is 6.64. The van der Waals surface area contributed by atoms with E-state index in [2.05, 4.69) is 17.0 Å². The molecule has 2 aromatic rings. The molecule has 1 atom stereocenters. The lowest BCUT2D eigenvalue weighted by Gasteiger charge is -2.21. The van der Waals surface area contributed by atoms with E-state index in [1.807, 2.05) is 48.4 Å². The third-order valence-electron chi connectivity index (χ3n) is 3.26. The summed E-state index contributed by atoms with van der Waals surface area (Å²) >= 11 is 0. The molecule has 1 heterocycles. The lowest BCUT2D eigenvalue weighted by Crippen LogP contribution is -2.28. The number of nitrogens with two attached hydrogens (primary N) is 1. The van der Waals surface area contributed by atoms with Gasteiger partial charge in [-0.2, -0.15) is 5.10 Å². The van der Waals surface area contributed by atoms with Crippen LogP contribution in [-0.2, 0) is 13.6 Å². The van der Waals surface area contributed by atoms with Gasteiger partial charge in [-0.3, -0.25) is 4.68 Å². The lowest BCUT2D eigenvalue weighted by molar-refractivity contribution is 0.305. The third kappa shape index (κ3) is 3.82. The zero-order valence-electron chi connectivity index (χ0n) is 12.3. The van der Waals surface area contributed by atoms with E-state index >= 15 is 0 Å². The molecule has 1 aromatic heterocycles. The van der Waals surface area contributed by atoms with E-state index < -0.39 is 0 Å². The molecule has 0 saturated heterocycles. The second kappa shape index (κ2) is 6.54. The van der Waals surface area contributed by atoms with Crippen molar-refractivity contribution in [1.82, 2.24) is 14.7 Å². The maximum Gasteiger partial charge on any atom is 0.118 e. The fourth-order valence-corrected chi connectivity index (χ4v) is 2.22. The SMILES string of the molecule is COc1ccc(C(N)CN(C)Cc2cnn(C)c2)cc1. The van der Waals surface area contributed by atoms with Crippen molar-refractivity contribution in [2.45, 2.75) is 12.6 Å². The predicted octanol–water partition coefficient (Wildman–Crippen LogP) is 1.56. The van der Waals surface area contributed by atoms with Crippen molar-refractivity contribution in [3.63, 3.8) is 0 Å². The van der Waals surface area contributed by atoms with E-state index in [9.17, 15) is 0 Å². The number of ether oxygens (including phenoxy) is 1. The van der Waals surface area contributed by atoms with Crippen LogP contribution < -0.4 is 10.5 Å². The van der Waals surface area contributed by atoms with Crippen LogP contribution in [0.4, 0.5) is 0 Å². The number of likely N-dealkylation sites (N-methyl/N-ethyl adjacent to an activating group) is 1. The number of benzene rings is 1. The second-order valence-corrected chi connectivity index (χ2v) is 5.10. The van der Waals surface area contributed by atoms with E-state index in [0.29, 0.717) is 0 Å². The summed E-state index contributed by atoms with van der Waals surface area (Å²) in [5, 5.41) is 4.17. The predicted molar refractivity (Wildman–Crippen MR) is 79.5 cm³/mol. The van der Waals surface area contributed by atoms with E-state index in [4.69, 9.17) is 10.5 Å². The highest BCUT2D eigenvalue weighted by Gasteiger charge is 2.10. The van der Waals surface area contributed by atoms with Crippen molar-refractivity contribution >= 4 is 0 Å². The summed E-state index contributed by atoms with van der Waals surface area (Å²) in [5.74, 6) is 0.852. The van der Waals surface area contributed by atoms with Crippen LogP contribution in [0.15, 0.2) is 36.7 Å². The number of methoxy groups -OCH3 is 1. The first-order chi connectivity index (χ1) is 9.58. The number of aromatic nitrogens is 2. The van der Waals surface area contributed by atoms with Crippen molar-refractivity contribution in [2.24, 2.45) is 12.8 Å². The van der Waals surface area contributed by atoms with E-state index in [1.54, 1.807) is 7.11 Å². The normalized spacial score (nSPS) is 12.7. The van der Waals surface area contributed by atoms with Gasteiger partial charge < -0.3 is 15.4 Å². The molecule has 5 heteroatoms. The van der Waals surface area contributed by atoms with Crippen LogP contribution >= 0.6 is 0 Å². The molecule has 0 aliphatic carbocycles. The molecule has 108 valence electrons. The van der Waals surface area contributed by atoms with Crippen LogP contribution in [0.5, 0.6) is 5.75 Å². The molecule has 0 bridgehead atoms. The molecule has 0 aliphatic heterocycles. The summed E-state index contributed by atoms with van der Waals surface area (Å²) < 4.78 is 6.96. The Hall–Kier alpha value is -1.85. The maximum absolute atomic E-state index is 6.24. The molecular weight excluding hydrogens is 252 g/mol. The molecule has 2 N–H and O–H groups in total. The highest BCUT2D eigenvalue weighted by molar-refractivity contribution is 5.29. The molecule has 0 amide bonds. The molecule has 2 rings (SSSR count). The Morgan fingerprint density at radius 3 is 2.60 bits per heavy atom. The summed E-state index contributed by atoms with van der Waals surface area (Å²) in [6, 6.07) is 7.90. The molecule has 0 aliphatic rings. The van der Waals surface area contributed by atoms with Crippen LogP contribution in [-0.4, -0.2) is 35.4 Å². The van der Waals surface area contributed by atoms with E-state index in [-0.39, 0.29) is 6.04 Å². The number of aryl methyl sites for hydroxylation is 1. The Kier molecular flexibility index (Phi) is 4.76. The van der Waals surface area contributed by atoms with E-state index in [1.165, 1.54) is 5.56 Å². The average Bonchev–Trinajstić information content (AvgIpc) is 2.84. The third-order valence-corrected chi connectivity index (χ3v) is 3.26. The Morgan fingerprint density at radius 1 is 1.35 bits per heavy atom. The van der Waals surface area contributed by atoms with E-state index in [0.717, 1.165) is 24.4 Å². The summed E-state index contributed by atoms with van der Waals surface area (Å²) in [7, 11) is 5.65. The Morgan fingerprint density at radius 2 is 2.05 bits per heavy atom. The largest absolute Gasteiger partial charge is 0.497 e. The van der Waals surface area contributed by atoms with Crippen LogP contribution in [0.2, 0.25) is 0 Å². The molecular formula is C15H22N4O. The summed E-state index contributed by atoms with van der Waals surface area (Å²) in [4.78, 5) is 2.20. The van der Waals surface area contributed by atoms with Crippen molar-refractivity contribution in [2.75, 3.05) is 20.7 Å². The van der Waals surface area contributed by atoms with Gasteiger partial charge in [-0.05, 0) is 24.7 Å². The fraction of sp³-hybridized carbons (Fsp3) is 0.400. The second-order valence-electron chi connectivity index (χ2n) is 5.10. The van der Waals surface area contributed by atoms with Gasteiger partial charge in [0.15, 0.2) is 0 Å². The number of nitrogens with zero attached hydrogens (tertiary/aromatic N) is 3. The maximum atomic E-state index is 6.24. The smallest absolute Gasteiger partial charge is 0.118 e. The van der Waals surface area contributed by atoms with Gasteiger partial charge in [0.1, 0.15) is 5.75 Å².